The topological polar surface area (TPSA) is 72.9 Å². The van der Waals surface area contributed by atoms with Gasteiger partial charge in [0.25, 0.3) is 0 Å². The van der Waals surface area contributed by atoms with E-state index in [1.807, 2.05) is 16.7 Å². The molecule has 0 spiro atoms. The van der Waals surface area contributed by atoms with Crippen molar-refractivity contribution in [2.75, 3.05) is 31.5 Å². The molecule has 2 N–H and O–H groups in total. The lowest BCUT2D eigenvalue weighted by molar-refractivity contribution is -0.139. The van der Waals surface area contributed by atoms with Crippen molar-refractivity contribution in [2.45, 2.75) is 38.8 Å². The molecule has 0 aliphatic carbocycles. The highest BCUT2D eigenvalue weighted by Crippen LogP contribution is 2.22. The number of carboxylic acid groups (broad SMARTS) is 1. The van der Waals surface area contributed by atoms with E-state index in [2.05, 4.69) is 5.32 Å². The van der Waals surface area contributed by atoms with E-state index in [4.69, 9.17) is 16.7 Å². The minimum atomic E-state index is -0.828. The number of amides is 1. The van der Waals surface area contributed by atoms with Crippen molar-refractivity contribution < 1.29 is 19.1 Å². The van der Waals surface area contributed by atoms with Crippen molar-refractivity contribution in [3.05, 3.63) is 29.0 Å². The molecule has 2 rings (SSSR count). The lowest BCUT2D eigenvalue weighted by Gasteiger charge is -2.39. The summed E-state index contributed by atoms with van der Waals surface area (Å²) in [5, 5.41) is 11.9. The predicted octanol–water partition coefficient (Wildman–Crippen LogP) is 2.68. The number of hydrogen-bond acceptors (Lipinski definition) is 4. The van der Waals surface area contributed by atoms with Gasteiger partial charge in [-0.25, -0.2) is 4.39 Å². The Kier molecular flexibility index (Phi) is 7.37. The first-order valence-corrected chi connectivity index (χ1v) is 9.15. The third-order valence-electron chi connectivity index (χ3n) is 4.87. The highest BCUT2D eigenvalue weighted by Gasteiger charge is 2.29. The Morgan fingerprint density at radius 1 is 1.42 bits per heavy atom. The number of nitrogens with one attached hydrogen (secondary N) is 1. The van der Waals surface area contributed by atoms with Crippen molar-refractivity contribution in [2.24, 2.45) is 0 Å². The average Bonchev–Trinajstić information content (AvgIpc) is 2.62. The van der Waals surface area contributed by atoms with Gasteiger partial charge in [-0.1, -0.05) is 18.5 Å². The molecule has 1 saturated heterocycles. The molecule has 1 atom stereocenters. The molecule has 0 bridgehead atoms. The molecule has 1 aromatic rings. The summed E-state index contributed by atoms with van der Waals surface area (Å²) in [5.41, 5.74) is 0.0721. The Balaban J connectivity index is 1.91. The van der Waals surface area contributed by atoms with Crippen molar-refractivity contribution in [3.8, 4) is 0 Å². The summed E-state index contributed by atoms with van der Waals surface area (Å²) >= 11 is 5.85. The fourth-order valence-corrected chi connectivity index (χ4v) is 3.48. The first-order chi connectivity index (χ1) is 12.3. The summed E-state index contributed by atoms with van der Waals surface area (Å²) in [4.78, 5) is 27.4. The molecular formula is C18H25ClFN3O3. The van der Waals surface area contributed by atoms with E-state index in [1.54, 1.807) is 6.92 Å². The van der Waals surface area contributed by atoms with Crippen molar-refractivity contribution >= 4 is 29.2 Å². The molecule has 6 nitrogen and oxygen atoms in total. The van der Waals surface area contributed by atoms with Gasteiger partial charge in [-0.2, -0.15) is 0 Å². The summed E-state index contributed by atoms with van der Waals surface area (Å²) in [6, 6.07) is 3.82. The van der Waals surface area contributed by atoms with Crippen LogP contribution in [0, 0.1) is 5.82 Å². The normalized spacial score (nSPS) is 17.3. The van der Waals surface area contributed by atoms with Gasteiger partial charge in [0.15, 0.2) is 0 Å². The molecule has 0 saturated carbocycles. The number of aliphatic carboxylic acids is 1. The van der Waals surface area contributed by atoms with Gasteiger partial charge in [0.2, 0.25) is 5.91 Å². The number of carbonyl (C=O) groups is 2. The fourth-order valence-electron chi connectivity index (χ4n) is 3.31. The van der Waals surface area contributed by atoms with Gasteiger partial charge in [0.05, 0.1) is 18.3 Å². The molecule has 1 fully saturated rings. The second-order valence-electron chi connectivity index (χ2n) is 6.51. The monoisotopic (exact) mass is 385 g/mol. The molecule has 26 heavy (non-hydrogen) atoms. The van der Waals surface area contributed by atoms with Gasteiger partial charge in [-0.3, -0.25) is 19.4 Å². The predicted molar refractivity (Wildman–Crippen MR) is 99.0 cm³/mol. The van der Waals surface area contributed by atoms with Crippen molar-refractivity contribution in [3.63, 3.8) is 0 Å². The van der Waals surface area contributed by atoms with E-state index in [9.17, 15) is 14.0 Å². The summed E-state index contributed by atoms with van der Waals surface area (Å²) in [6.45, 7) is 5.82. The summed E-state index contributed by atoms with van der Waals surface area (Å²) in [7, 11) is 0. The van der Waals surface area contributed by atoms with Crippen LogP contribution in [0.3, 0.4) is 0 Å². The minimum absolute atomic E-state index is 0.0330. The summed E-state index contributed by atoms with van der Waals surface area (Å²) in [5.74, 6) is -1.64. The molecule has 1 unspecified atom stereocenters. The summed E-state index contributed by atoms with van der Waals surface area (Å²) < 4.78 is 13.8. The number of benzene rings is 1. The first-order valence-electron chi connectivity index (χ1n) is 8.77. The van der Waals surface area contributed by atoms with Crippen LogP contribution in [0.25, 0.3) is 0 Å². The highest BCUT2D eigenvalue weighted by atomic mass is 35.5. The van der Waals surface area contributed by atoms with E-state index < -0.39 is 17.8 Å². The number of piperidine rings is 1. The number of hydrogen-bond donors (Lipinski definition) is 2. The molecule has 8 heteroatoms. The number of anilines is 1. The largest absolute Gasteiger partial charge is 0.480 e. The molecule has 0 radical (unpaired) electrons. The molecule has 1 heterocycles. The highest BCUT2D eigenvalue weighted by molar-refractivity contribution is 6.30. The van der Waals surface area contributed by atoms with Gasteiger partial charge in [0.1, 0.15) is 5.82 Å². The SMILES string of the molecule is CCN(CC(=O)O)C1CCN(C(C)C(=O)Nc2cc(Cl)ccc2F)CC1. The smallest absolute Gasteiger partial charge is 0.317 e. The Morgan fingerprint density at radius 2 is 2.08 bits per heavy atom. The second-order valence-corrected chi connectivity index (χ2v) is 6.95. The van der Waals surface area contributed by atoms with Crippen molar-refractivity contribution in [1.82, 2.24) is 9.80 Å². The zero-order valence-corrected chi connectivity index (χ0v) is 15.8. The van der Waals surface area contributed by atoms with Gasteiger partial charge in [0, 0.05) is 24.2 Å². The number of nitrogens with zero attached hydrogens (tertiary/aromatic N) is 2. The van der Waals surface area contributed by atoms with Crippen LogP contribution in [0.4, 0.5) is 10.1 Å². The number of likely N-dealkylation sites (N-methyl/N-ethyl adjacent to an activating group) is 1. The Morgan fingerprint density at radius 3 is 2.65 bits per heavy atom. The maximum Gasteiger partial charge on any atom is 0.317 e. The molecular weight excluding hydrogens is 361 g/mol. The van der Waals surface area contributed by atoms with Gasteiger partial charge in [-0.15, -0.1) is 0 Å². The maximum atomic E-state index is 13.8. The number of carboxylic acids is 1. The van der Waals surface area contributed by atoms with Gasteiger partial charge < -0.3 is 10.4 Å². The maximum absolute atomic E-state index is 13.8. The van der Waals surface area contributed by atoms with Crippen LogP contribution < -0.4 is 5.32 Å². The quantitative estimate of drug-likeness (QED) is 0.755. The van der Waals surface area contributed by atoms with E-state index in [0.717, 1.165) is 12.8 Å². The lowest BCUT2D eigenvalue weighted by Crippen LogP contribution is -2.51. The molecule has 1 amide bonds. The van der Waals surface area contributed by atoms with E-state index in [-0.39, 0.29) is 24.2 Å². The van der Waals surface area contributed by atoms with Crippen LogP contribution in [0.5, 0.6) is 0 Å². The number of rotatable bonds is 7. The van der Waals surface area contributed by atoms with Crippen LogP contribution in [0.2, 0.25) is 5.02 Å². The van der Waals surface area contributed by atoms with Crippen LogP contribution >= 0.6 is 11.6 Å². The standard InChI is InChI=1S/C18H25ClFN3O3/c1-3-22(11-17(24)25)14-6-8-23(9-7-14)12(2)18(26)21-16-10-13(19)4-5-15(16)20/h4-5,10,12,14H,3,6-9,11H2,1-2H3,(H,21,26)(H,24,25). The lowest BCUT2D eigenvalue weighted by atomic mass is 10.0. The molecule has 1 aliphatic heterocycles. The molecule has 144 valence electrons. The molecule has 1 aliphatic rings. The minimum Gasteiger partial charge on any atom is -0.480 e. The molecule has 1 aromatic carbocycles. The first kappa shape index (κ1) is 20.6. The summed E-state index contributed by atoms with van der Waals surface area (Å²) in [6.07, 6.45) is 1.59. The fraction of sp³-hybridized carbons (Fsp3) is 0.556. The Labute approximate surface area is 157 Å². The van der Waals surface area contributed by atoms with Crippen LogP contribution in [-0.2, 0) is 9.59 Å². The molecule has 0 aromatic heterocycles. The van der Waals surface area contributed by atoms with Gasteiger partial charge >= 0.3 is 5.97 Å². The van der Waals surface area contributed by atoms with Crippen LogP contribution in [0.1, 0.15) is 26.7 Å². The Hall–Kier alpha value is -1.70. The van der Waals surface area contributed by atoms with E-state index in [1.165, 1.54) is 18.2 Å². The van der Waals surface area contributed by atoms with Crippen LogP contribution in [0.15, 0.2) is 18.2 Å². The zero-order valence-electron chi connectivity index (χ0n) is 15.0. The average molecular weight is 386 g/mol. The number of halogens is 2. The third-order valence-corrected chi connectivity index (χ3v) is 5.11. The van der Waals surface area contributed by atoms with Crippen LogP contribution in [-0.4, -0.2) is 65.0 Å². The Bertz CT molecular complexity index is 651. The second kappa shape index (κ2) is 9.30. The third kappa shape index (κ3) is 5.40. The van der Waals surface area contributed by atoms with Crippen molar-refractivity contribution in [1.29, 1.82) is 0 Å². The van der Waals surface area contributed by atoms with Gasteiger partial charge in [-0.05, 0) is 44.5 Å². The number of likely N-dealkylation sites (tertiary alicyclic amines) is 1. The zero-order chi connectivity index (χ0) is 19.3. The van der Waals surface area contributed by atoms with E-state index >= 15 is 0 Å². The van der Waals surface area contributed by atoms with E-state index in [0.29, 0.717) is 24.7 Å². The number of carbonyl (C=O) groups excluding carboxylic acids is 1.